The SMILES string of the molecule is Cc1cc(CNC(=O)C2CCC(=O)N2)c(C)n1C. The van der Waals surface area contributed by atoms with Crippen LogP contribution in [0, 0.1) is 13.8 Å². The maximum absolute atomic E-state index is 11.8. The van der Waals surface area contributed by atoms with Crippen molar-refractivity contribution >= 4 is 11.8 Å². The van der Waals surface area contributed by atoms with Crippen LogP contribution in [0.1, 0.15) is 29.8 Å². The fourth-order valence-corrected chi connectivity index (χ4v) is 2.23. The Bertz CT molecular complexity index is 491. The highest BCUT2D eigenvalue weighted by atomic mass is 16.2. The summed E-state index contributed by atoms with van der Waals surface area (Å²) in [6.45, 7) is 4.58. The molecule has 2 amide bonds. The zero-order valence-corrected chi connectivity index (χ0v) is 11.0. The maximum atomic E-state index is 11.8. The van der Waals surface area contributed by atoms with Crippen LogP contribution in [0.4, 0.5) is 0 Å². The van der Waals surface area contributed by atoms with Gasteiger partial charge < -0.3 is 15.2 Å². The van der Waals surface area contributed by atoms with Gasteiger partial charge in [-0.3, -0.25) is 9.59 Å². The lowest BCUT2D eigenvalue weighted by Gasteiger charge is -2.10. The van der Waals surface area contributed by atoms with Crippen molar-refractivity contribution in [1.82, 2.24) is 15.2 Å². The van der Waals surface area contributed by atoms with E-state index < -0.39 is 0 Å². The molecule has 0 bridgehead atoms. The molecule has 0 saturated carbocycles. The largest absolute Gasteiger partial charge is 0.352 e. The van der Waals surface area contributed by atoms with Crippen LogP contribution >= 0.6 is 0 Å². The van der Waals surface area contributed by atoms with Crippen molar-refractivity contribution < 1.29 is 9.59 Å². The summed E-state index contributed by atoms with van der Waals surface area (Å²) in [6.07, 6.45) is 1.04. The van der Waals surface area contributed by atoms with Gasteiger partial charge in [0.25, 0.3) is 0 Å². The van der Waals surface area contributed by atoms with Crippen LogP contribution in [0.25, 0.3) is 0 Å². The summed E-state index contributed by atoms with van der Waals surface area (Å²) < 4.78 is 2.10. The second-order valence-corrected chi connectivity index (χ2v) is 4.83. The number of hydrogen-bond donors (Lipinski definition) is 2. The molecule has 1 aromatic heterocycles. The molecule has 1 fully saturated rings. The van der Waals surface area contributed by atoms with Gasteiger partial charge in [-0.1, -0.05) is 0 Å². The summed E-state index contributed by atoms with van der Waals surface area (Å²) in [5, 5.41) is 5.54. The van der Waals surface area contributed by atoms with Crippen LogP contribution in [0.15, 0.2) is 6.07 Å². The Balaban J connectivity index is 1.93. The summed E-state index contributed by atoms with van der Waals surface area (Å²) in [7, 11) is 2.01. The number of carbonyl (C=O) groups is 2. The molecule has 0 aliphatic carbocycles. The Morgan fingerprint density at radius 3 is 2.78 bits per heavy atom. The van der Waals surface area contributed by atoms with Crippen LogP contribution in [-0.4, -0.2) is 22.4 Å². The van der Waals surface area contributed by atoms with Gasteiger partial charge in [-0.25, -0.2) is 0 Å². The Kier molecular flexibility index (Phi) is 3.41. The van der Waals surface area contributed by atoms with E-state index in [4.69, 9.17) is 0 Å². The number of aromatic nitrogens is 1. The molecule has 5 heteroatoms. The Hall–Kier alpha value is -1.78. The van der Waals surface area contributed by atoms with Crippen molar-refractivity contribution in [2.24, 2.45) is 7.05 Å². The quantitative estimate of drug-likeness (QED) is 0.821. The number of amides is 2. The van der Waals surface area contributed by atoms with Gasteiger partial charge >= 0.3 is 0 Å². The van der Waals surface area contributed by atoms with Gasteiger partial charge in [-0.2, -0.15) is 0 Å². The van der Waals surface area contributed by atoms with Crippen LogP contribution in [-0.2, 0) is 23.2 Å². The van der Waals surface area contributed by atoms with Crippen molar-refractivity contribution in [2.45, 2.75) is 39.3 Å². The molecule has 98 valence electrons. The molecule has 18 heavy (non-hydrogen) atoms. The second-order valence-electron chi connectivity index (χ2n) is 4.83. The van der Waals surface area contributed by atoms with Crippen molar-refractivity contribution in [3.63, 3.8) is 0 Å². The molecular weight excluding hydrogens is 230 g/mol. The predicted molar refractivity (Wildman–Crippen MR) is 67.9 cm³/mol. The summed E-state index contributed by atoms with van der Waals surface area (Å²) >= 11 is 0. The molecule has 1 saturated heterocycles. The lowest BCUT2D eigenvalue weighted by molar-refractivity contribution is -0.125. The van der Waals surface area contributed by atoms with Gasteiger partial charge in [0.05, 0.1) is 0 Å². The third-order valence-electron chi connectivity index (χ3n) is 3.64. The van der Waals surface area contributed by atoms with Crippen molar-refractivity contribution in [2.75, 3.05) is 0 Å². The normalized spacial score (nSPS) is 18.8. The zero-order valence-electron chi connectivity index (χ0n) is 11.0. The van der Waals surface area contributed by atoms with Crippen LogP contribution in [0.3, 0.4) is 0 Å². The molecular formula is C13H19N3O2. The first-order valence-corrected chi connectivity index (χ1v) is 6.18. The molecule has 0 spiro atoms. The van der Waals surface area contributed by atoms with E-state index >= 15 is 0 Å². The fourth-order valence-electron chi connectivity index (χ4n) is 2.23. The average molecular weight is 249 g/mol. The van der Waals surface area contributed by atoms with Gasteiger partial charge in [0.2, 0.25) is 11.8 Å². The van der Waals surface area contributed by atoms with Crippen LogP contribution in [0.2, 0.25) is 0 Å². The van der Waals surface area contributed by atoms with Gasteiger partial charge in [-0.05, 0) is 31.9 Å². The third-order valence-corrected chi connectivity index (χ3v) is 3.64. The number of hydrogen-bond acceptors (Lipinski definition) is 2. The first-order chi connectivity index (χ1) is 8.49. The first kappa shape index (κ1) is 12.7. The number of nitrogens with one attached hydrogen (secondary N) is 2. The van der Waals surface area contributed by atoms with Crippen molar-refractivity contribution in [3.8, 4) is 0 Å². The predicted octanol–water partition coefficient (Wildman–Crippen LogP) is 0.537. The van der Waals surface area contributed by atoms with Gasteiger partial charge in [0.15, 0.2) is 0 Å². The zero-order chi connectivity index (χ0) is 13.3. The molecule has 0 aromatic carbocycles. The highest BCUT2D eigenvalue weighted by Gasteiger charge is 2.26. The number of nitrogens with zero attached hydrogens (tertiary/aromatic N) is 1. The molecule has 1 aromatic rings. The summed E-state index contributed by atoms with van der Waals surface area (Å²) in [4.78, 5) is 22.9. The number of rotatable bonds is 3. The highest BCUT2D eigenvalue weighted by molar-refractivity contribution is 5.90. The molecule has 1 aliphatic heterocycles. The third kappa shape index (κ3) is 2.39. The average Bonchev–Trinajstić information content (AvgIpc) is 2.87. The topological polar surface area (TPSA) is 63.1 Å². The first-order valence-electron chi connectivity index (χ1n) is 6.18. The monoisotopic (exact) mass is 249 g/mol. The molecule has 2 rings (SSSR count). The minimum Gasteiger partial charge on any atom is -0.352 e. The molecule has 5 nitrogen and oxygen atoms in total. The number of carbonyl (C=O) groups excluding carboxylic acids is 2. The molecule has 1 aliphatic rings. The lowest BCUT2D eigenvalue weighted by atomic mass is 10.2. The molecule has 1 unspecified atom stereocenters. The Morgan fingerprint density at radius 1 is 1.56 bits per heavy atom. The summed E-state index contributed by atoms with van der Waals surface area (Å²) in [5.74, 6) is -0.136. The van der Waals surface area contributed by atoms with Gasteiger partial charge in [0, 0.05) is 31.4 Å². The van der Waals surface area contributed by atoms with E-state index in [9.17, 15) is 9.59 Å². The smallest absolute Gasteiger partial charge is 0.242 e. The van der Waals surface area contributed by atoms with E-state index in [-0.39, 0.29) is 17.9 Å². The van der Waals surface area contributed by atoms with Gasteiger partial charge in [0.1, 0.15) is 6.04 Å². The molecule has 2 heterocycles. The van der Waals surface area contributed by atoms with E-state index in [2.05, 4.69) is 21.3 Å². The molecule has 2 N–H and O–H groups in total. The number of aryl methyl sites for hydroxylation is 1. The Morgan fingerprint density at radius 2 is 2.28 bits per heavy atom. The summed E-state index contributed by atoms with van der Waals surface area (Å²) in [6, 6.07) is 1.71. The minimum atomic E-state index is -0.359. The minimum absolute atomic E-state index is 0.0399. The van der Waals surface area contributed by atoms with Crippen LogP contribution in [0.5, 0.6) is 0 Å². The van der Waals surface area contributed by atoms with E-state index in [1.54, 1.807) is 0 Å². The fraction of sp³-hybridized carbons (Fsp3) is 0.538. The second kappa shape index (κ2) is 4.84. The maximum Gasteiger partial charge on any atom is 0.242 e. The highest BCUT2D eigenvalue weighted by Crippen LogP contribution is 2.13. The van der Waals surface area contributed by atoms with E-state index in [1.165, 1.54) is 5.69 Å². The molecule has 1 atom stereocenters. The van der Waals surface area contributed by atoms with Crippen LogP contribution < -0.4 is 10.6 Å². The van der Waals surface area contributed by atoms with Crippen molar-refractivity contribution in [1.29, 1.82) is 0 Å². The molecule has 0 radical (unpaired) electrons. The lowest BCUT2D eigenvalue weighted by Crippen LogP contribution is -2.41. The van der Waals surface area contributed by atoms with E-state index in [1.807, 2.05) is 20.9 Å². The van der Waals surface area contributed by atoms with Crippen molar-refractivity contribution in [3.05, 3.63) is 23.0 Å². The Labute approximate surface area is 107 Å². The standard InChI is InChI=1S/C13H19N3O2/c1-8-6-10(9(2)16(8)3)7-14-13(18)11-4-5-12(17)15-11/h6,11H,4-5,7H2,1-3H3,(H,14,18)(H,15,17). The van der Waals surface area contributed by atoms with Gasteiger partial charge in [-0.15, -0.1) is 0 Å². The van der Waals surface area contributed by atoms with E-state index in [0.717, 1.165) is 11.3 Å². The summed E-state index contributed by atoms with van der Waals surface area (Å²) in [5.41, 5.74) is 3.45. The van der Waals surface area contributed by atoms with E-state index in [0.29, 0.717) is 19.4 Å².